The van der Waals surface area contributed by atoms with Gasteiger partial charge < -0.3 is 10.6 Å². The van der Waals surface area contributed by atoms with Gasteiger partial charge in [-0.15, -0.1) is 0 Å². The highest BCUT2D eigenvalue weighted by atomic mass is 15.0. The molecule has 134 valence electrons. The van der Waals surface area contributed by atoms with Gasteiger partial charge in [0.15, 0.2) is 0 Å². The van der Waals surface area contributed by atoms with Gasteiger partial charge in [-0.05, 0) is 53.7 Å². The minimum absolute atomic E-state index is 0.167. The highest BCUT2D eigenvalue weighted by molar-refractivity contribution is 5.77. The van der Waals surface area contributed by atoms with E-state index in [2.05, 4.69) is 82.2 Å². The minimum Gasteiger partial charge on any atom is -0.388 e. The van der Waals surface area contributed by atoms with E-state index in [0.717, 1.165) is 13.0 Å². The Morgan fingerprint density at radius 1 is 0.960 bits per heavy atom. The van der Waals surface area contributed by atoms with E-state index in [0.29, 0.717) is 6.42 Å². The second kappa shape index (κ2) is 7.83. The topological polar surface area (TPSA) is 53.1 Å². The summed E-state index contributed by atoms with van der Waals surface area (Å²) in [7, 11) is 4.15. The quantitative estimate of drug-likeness (QED) is 0.599. The highest BCUT2D eigenvalue weighted by Gasteiger charge is 2.13. The maximum absolute atomic E-state index is 7.52. The lowest BCUT2D eigenvalue weighted by atomic mass is 9.86. The van der Waals surface area contributed by atoms with Crippen molar-refractivity contribution in [1.29, 1.82) is 5.41 Å². The van der Waals surface area contributed by atoms with Crippen LogP contribution in [0.2, 0.25) is 0 Å². The third-order valence-electron chi connectivity index (χ3n) is 4.44. The van der Waals surface area contributed by atoms with Gasteiger partial charge >= 0.3 is 0 Å². The summed E-state index contributed by atoms with van der Waals surface area (Å²) in [5, 5.41) is 7.52. The summed E-state index contributed by atoms with van der Waals surface area (Å²) >= 11 is 0. The molecule has 0 fully saturated rings. The number of nitrogens with one attached hydrogen (secondary N) is 1. The molecule has 0 aromatic heterocycles. The third-order valence-corrected chi connectivity index (χ3v) is 4.44. The number of rotatable bonds is 6. The van der Waals surface area contributed by atoms with Crippen LogP contribution in [0.3, 0.4) is 0 Å². The zero-order valence-corrected chi connectivity index (χ0v) is 16.2. The Bertz CT molecular complexity index is 722. The second-order valence-corrected chi connectivity index (χ2v) is 8.07. The maximum atomic E-state index is 7.52. The standard InChI is InChI=1S/C22H31N3/c1-22(2,3)20-11-8-16(9-12-20)17-6-7-19(15-25(4)5)18(14-17)10-13-21(23)24/h6-9,11-12,14H,10,13,15H2,1-5H3,(H3,23,24). The Labute approximate surface area is 152 Å². The summed E-state index contributed by atoms with van der Waals surface area (Å²) < 4.78 is 0. The van der Waals surface area contributed by atoms with Crippen LogP contribution in [-0.2, 0) is 18.4 Å². The van der Waals surface area contributed by atoms with Gasteiger partial charge in [0.25, 0.3) is 0 Å². The van der Waals surface area contributed by atoms with Gasteiger partial charge in [0.1, 0.15) is 0 Å². The predicted molar refractivity (Wildman–Crippen MR) is 108 cm³/mol. The Morgan fingerprint density at radius 2 is 1.56 bits per heavy atom. The van der Waals surface area contributed by atoms with E-state index < -0.39 is 0 Å². The van der Waals surface area contributed by atoms with Crippen LogP contribution >= 0.6 is 0 Å². The van der Waals surface area contributed by atoms with Crippen LogP contribution in [0.5, 0.6) is 0 Å². The first-order valence-electron chi connectivity index (χ1n) is 8.87. The first-order chi connectivity index (χ1) is 11.7. The van der Waals surface area contributed by atoms with Gasteiger partial charge in [-0.2, -0.15) is 0 Å². The molecule has 2 aromatic rings. The Morgan fingerprint density at radius 3 is 2.08 bits per heavy atom. The molecule has 0 heterocycles. The van der Waals surface area contributed by atoms with Crippen molar-refractivity contribution in [2.24, 2.45) is 5.73 Å². The van der Waals surface area contributed by atoms with E-state index in [9.17, 15) is 0 Å². The number of nitrogens with zero attached hydrogens (tertiary/aromatic N) is 1. The van der Waals surface area contributed by atoms with Crippen molar-refractivity contribution in [2.75, 3.05) is 14.1 Å². The number of amidine groups is 1. The van der Waals surface area contributed by atoms with Crippen molar-refractivity contribution in [3.05, 3.63) is 59.2 Å². The van der Waals surface area contributed by atoms with Gasteiger partial charge in [-0.25, -0.2) is 0 Å². The van der Waals surface area contributed by atoms with E-state index in [-0.39, 0.29) is 11.3 Å². The number of hydrogen-bond acceptors (Lipinski definition) is 2. The number of nitrogens with two attached hydrogens (primary N) is 1. The van der Waals surface area contributed by atoms with Crippen LogP contribution < -0.4 is 5.73 Å². The fraction of sp³-hybridized carbons (Fsp3) is 0.409. The molecule has 0 spiro atoms. The molecule has 0 radical (unpaired) electrons. The van der Waals surface area contributed by atoms with Gasteiger partial charge in [-0.3, -0.25) is 5.41 Å². The molecule has 0 bridgehead atoms. The Kier molecular flexibility index (Phi) is 6.02. The van der Waals surface area contributed by atoms with Crippen molar-refractivity contribution in [3.8, 4) is 11.1 Å². The molecule has 0 saturated heterocycles. The third kappa shape index (κ3) is 5.43. The Balaban J connectivity index is 2.34. The summed E-state index contributed by atoms with van der Waals surface area (Å²) in [5.41, 5.74) is 12.1. The van der Waals surface area contributed by atoms with Crippen molar-refractivity contribution in [3.63, 3.8) is 0 Å². The summed E-state index contributed by atoms with van der Waals surface area (Å²) in [6, 6.07) is 15.5. The van der Waals surface area contributed by atoms with Crippen molar-refractivity contribution in [1.82, 2.24) is 4.90 Å². The van der Waals surface area contributed by atoms with Crippen LogP contribution in [0.15, 0.2) is 42.5 Å². The van der Waals surface area contributed by atoms with Crippen LogP contribution in [-0.4, -0.2) is 24.8 Å². The lowest BCUT2D eigenvalue weighted by Gasteiger charge is -2.19. The predicted octanol–water partition coefficient (Wildman–Crippen LogP) is 4.58. The van der Waals surface area contributed by atoms with Gasteiger partial charge in [0.05, 0.1) is 5.84 Å². The molecule has 3 heteroatoms. The smallest absolute Gasteiger partial charge is 0.0908 e. The summed E-state index contributed by atoms with van der Waals surface area (Å²) in [6.07, 6.45) is 1.42. The van der Waals surface area contributed by atoms with E-state index in [1.165, 1.54) is 27.8 Å². The zero-order chi connectivity index (χ0) is 18.6. The molecule has 3 N–H and O–H groups in total. The second-order valence-electron chi connectivity index (χ2n) is 8.07. The molecule has 2 aromatic carbocycles. The van der Waals surface area contributed by atoms with Crippen molar-refractivity contribution >= 4 is 5.84 Å². The fourth-order valence-electron chi connectivity index (χ4n) is 2.97. The summed E-state index contributed by atoms with van der Waals surface area (Å²) in [6.45, 7) is 7.60. The average Bonchev–Trinajstić information content (AvgIpc) is 2.52. The molecule has 3 nitrogen and oxygen atoms in total. The normalized spacial score (nSPS) is 11.8. The van der Waals surface area contributed by atoms with Crippen LogP contribution in [0, 0.1) is 5.41 Å². The van der Waals surface area contributed by atoms with Gasteiger partial charge in [-0.1, -0.05) is 63.2 Å². The van der Waals surface area contributed by atoms with Crippen LogP contribution in [0.1, 0.15) is 43.9 Å². The molecule has 25 heavy (non-hydrogen) atoms. The lowest BCUT2D eigenvalue weighted by Crippen LogP contribution is -2.14. The molecular formula is C22H31N3. The van der Waals surface area contributed by atoms with Crippen molar-refractivity contribution in [2.45, 2.75) is 45.6 Å². The molecule has 0 aliphatic rings. The Hall–Kier alpha value is -2.13. The van der Waals surface area contributed by atoms with E-state index >= 15 is 0 Å². The van der Waals surface area contributed by atoms with Crippen molar-refractivity contribution < 1.29 is 0 Å². The molecule has 0 amide bonds. The first kappa shape index (κ1) is 19.2. The SMILES string of the molecule is CN(C)Cc1ccc(-c2ccc(C(C)(C)C)cc2)cc1CCC(=N)N. The monoisotopic (exact) mass is 337 g/mol. The van der Waals surface area contributed by atoms with E-state index in [1.807, 2.05) is 0 Å². The van der Waals surface area contributed by atoms with Gasteiger partial charge in [0, 0.05) is 13.0 Å². The van der Waals surface area contributed by atoms with E-state index in [4.69, 9.17) is 11.1 Å². The molecule has 2 rings (SSSR count). The summed E-state index contributed by atoms with van der Waals surface area (Å²) in [4.78, 5) is 2.17. The molecule has 0 aliphatic heterocycles. The summed E-state index contributed by atoms with van der Waals surface area (Å²) in [5.74, 6) is 0.246. The first-order valence-corrected chi connectivity index (χ1v) is 8.87. The number of aryl methyl sites for hydroxylation is 1. The number of hydrogen-bond donors (Lipinski definition) is 2. The average molecular weight is 338 g/mol. The van der Waals surface area contributed by atoms with Crippen LogP contribution in [0.4, 0.5) is 0 Å². The largest absolute Gasteiger partial charge is 0.388 e. The molecule has 0 unspecified atom stereocenters. The molecule has 0 aliphatic carbocycles. The molecule has 0 saturated carbocycles. The lowest BCUT2D eigenvalue weighted by molar-refractivity contribution is 0.401. The molecular weight excluding hydrogens is 306 g/mol. The van der Waals surface area contributed by atoms with Crippen LogP contribution in [0.25, 0.3) is 11.1 Å². The molecule has 0 atom stereocenters. The van der Waals surface area contributed by atoms with E-state index in [1.54, 1.807) is 0 Å². The zero-order valence-electron chi connectivity index (χ0n) is 16.2. The van der Waals surface area contributed by atoms with Gasteiger partial charge in [0.2, 0.25) is 0 Å². The maximum Gasteiger partial charge on any atom is 0.0908 e. The highest BCUT2D eigenvalue weighted by Crippen LogP contribution is 2.28. The fourth-order valence-corrected chi connectivity index (χ4v) is 2.97. The number of benzene rings is 2. The minimum atomic E-state index is 0.167.